The van der Waals surface area contributed by atoms with E-state index in [1.165, 1.54) is 4.88 Å². The highest BCUT2D eigenvalue weighted by atomic mass is 32.1. The number of carboxylic acids is 2. The molecule has 0 aliphatic heterocycles. The van der Waals surface area contributed by atoms with Crippen LogP contribution in [0.3, 0.4) is 0 Å². The zero-order valence-corrected chi connectivity index (χ0v) is 24.1. The van der Waals surface area contributed by atoms with Crippen molar-refractivity contribution in [3.63, 3.8) is 0 Å². The molecule has 42 heavy (non-hydrogen) atoms. The Morgan fingerprint density at radius 3 is 2.48 bits per heavy atom. The van der Waals surface area contributed by atoms with Crippen LogP contribution in [0.25, 0.3) is 33.6 Å². The van der Waals surface area contributed by atoms with Gasteiger partial charge in [-0.2, -0.15) is 0 Å². The summed E-state index contributed by atoms with van der Waals surface area (Å²) in [5.74, 6) is -0.965. The second-order valence-corrected chi connectivity index (χ2v) is 11.2. The van der Waals surface area contributed by atoms with E-state index in [2.05, 4.69) is 19.1 Å². The average Bonchev–Trinajstić information content (AvgIpc) is 3.52. The molecule has 0 bridgehead atoms. The molecule has 214 valence electrons. The quantitative estimate of drug-likeness (QED) is 0.141. The summed E-state index contributed by atoms with van der Waals surface area (Å²) in [7, 11) is 0. The van der Waals surface area contributed by atoms with Gasteiger partial charge in [0.15, 0.2) is 0 Å². The third kappa shape index (κ3) is 7.14. The second kappa shape index (κ2) is 13.3. The average molecular weight is 581 g/mol. The Bertz CT molecular complexity index is 1720. The van der Waals surface area contributed by atoms with E-state index >= 15 is 0 Å². The summed E-state index contributed by atoms with van der Waals surface area (Å²) in [5.41, 5.74) is 5.70. The summed E-state index contributed by atoms with van der Waals surface area (Å²) in [4.78, 5) is 28.5. The van der Waals surface area contributed by atoms with E-state index in [1.54, 1.807) is 11.3 Å². The Morgan fingerprint density at radius 1 is 0.952 bits per heavy atom. The lowest BCUT2D eigenvalue weighted by Gasteiger charge is -2.06. The van der Waals surface area contributed by atoms with Crippen LogP contribution in [0.15, 0.2) is 79.0 Å². The predicted octanol–water partition coefficient (Wildman–Crippen LogP) is 7.36. The lowest BCUT2D eigenvalue weighted by Crippen LogP contribution is -2.02. The van der Waals surface area contributed by atoms with Crippen molar-refractivity contribution in [3.05, 3.63) is 106 Å². The molecule has 5 rings (SSSR count). The number of aromatic nitrogens is 2. The third-order valence-electron chi connectivity index (χ3n) is 7.00. The van der Waals surface area contributed by atoms with E-state index in [9.17, 15) is 14.7 Å². The number of aryl methyl sites for hydroxylation is 2. The minimum Gasteiger partial charge on any atom is -0.493 e. The molecule has 8 heteroatoms. The second-order valence-electron chi connectivity index (χ2n) is 10.0. The molecule has 3 aromatic carbocycles. The highest BCUT2D eigenvalue weighted by Crippen LogP contribution is 2.29. The monoisotopic (exact) mass is 580 g/mol. The van der Waals surface area contributed by atoms with Crippen molar-refractivity contribution in [3.8, 4) is 16.3 Å². The first-order chi connectivity index (χ1) is 20.4. The topological polar surface area (TPSA) is 102 Å². The largest absolute Gasteiger partial charge is 0.493 e. The zero-order chi connectivity index (χ0) is 29.5. The number of ether oxygens (including phenoxy) is 1. The van der Waals surface area contributed by atoms with Crippen molar-refractivity contribution < 1.29 is 24.5 Å². The predicted molar refractivity (Wildman–Crippen MR) is 167 cm³/mol. The normalized spacial score (nSPS) is 11.4. The Kier molecular flexibility index (Phi) is 9.14. The van der Waals surface area contributed by atoms with E-state index in [0.29, 0.717) is 25.1 Å². The number of carbonyl (C=O) groups is 2. The number of fused-ring (bicyclic) bond motifs is 1. The fourth-order valence-electron chi connectivity index (χ4n) is 4.98. The van der Waals surface area contributed by atoms with Crippen molar-refractivity contribution in [2.75, 3.05) is 6.61 Å². The van der Waals surface area contributed by atoms with Gasteiger partial charge in [-0.05, 0) is 48.2 Å². The van der Waals surface area contributed by atoms with Crippen LogP contribution in [-0.4, -0.2) is 38.3 Å². The molecule has 0 spiro atoms. The molecule has 5 aromatic rings. The maximum absolute atomic E-state index is 11.6. The highest BCUT2D eigenvalue weighted by molar-refractivity contribution is 7.15. The Labute approximate surface area is 248 Å². The summed E-state index contributed by atoms with van der Waals surface area (Å²) in [6, 6.07) is 23.9. The van der Waals surface area contributed by atoms with Crippen LogP contribution in [0.4, 0.5) is 0 Å². The molecule has 0 radical (unpaired) electrons. The van der Waals surface area contributed by atoms with Crippen LogP contribution in [0.2, 0.25) is 0 Å². The van der Waals surface area contributed by atoms with Gasteiger partial charge in [0.1, 0.15) is 10.8 Å². The molecule has 0 unspecified atom stereocenters. The number of thiazole rings is 1. The van der Waals surface area contributed by atoms with E-state index in [1.807, 2.05) is 83.6 Å². The molecular weight excluding hydrogens is 548 g/mol. The lowest BCUT2D eigenvalue weighted by molar-refractivity contribution is -0.137. The summed E-state index contributed by atoms with van der Waals surface area (Å²) in [6.45, 7) is 3.14. The van der Waals surface area contributed by atoms with Gasteiger partial charge in [0.2, 0.25) is 0 Å². The maximum atomic E-state index is 11.6. The van der Waals surface area contributed by atoms with E-state index in [0.717, 1.165) is 50.5 Å². The van der Waals surface area contributed by atoms with Gasteiger partial charge in [-0.25, -0.2) is 4.98 Å². The molecule has 0 saturated heterocycles. The van der Waals surface area contributed by atoms with Crippen LogP contribution < -0.4 is 4.74 Å². The van der Waals surface area contributed by atoms with Crippen LogP contribution in [0.1, 0.15) is 40.1 Å². The Hall–Kier alpha value is -4.69. The van der Waals surface area contributed by atoms with Crippen LogP contribution in [0.5, 0.6) is 5.75 Å². The van der Waals surface area contributed by atoms with Gasteiger partial charge in [-0.3, -0.25) is 9.59 Å². The van der Waals surface area contributed by atoms with E-state index in [-0.39, 0.29) is 12.8 Å². The molecule has 0 aliphatic carbocycles. The van der Waals surface area contributed by atoms with Gasteiger partial charge in [0, 0.05) is 46.9 Å². The first-order valence-corrected chi connectivity index (χ1v) is 14.7. The van der Waals surface area contributed by atoms with Gasteiger partial charge < -0.3 is 19.5 Å². The number of nitrogens with zero attached hydrogens (tertiary/aromatic N) is 2. The molecule has 2 aromatic heterocycles. The number of aliphatic carboxylic acids is 2. The summed E-state index contributed by atoms with van der Waals surface area (Å²) in [6.07, 6.45) is 6.97. The lowest BCUT2D eigenvalue weighted by atomic mass is 10.0. The molecule has 2 N–H and O–H groups in total. The molecule has 2 heterocycles. The molecule has 0 atom stereocenters. The van der Waals surface area contributed by atoms with Crippen molar-refractivity contribution in [1.82, 2.24) is 9.55 Å². The third-order valence-corrected chi connectivity index (χ3v) is 8.07. The summed E-state index contributed by atoms with van der Waals surface area (Å²) >= 11 is 1.70. The minimum absolute atomic E-state index is 0.0624. The first kappa shape index (κ1) is 28.8. The smallest absolute Gasteiger partial charge is 0.307 e. The summed E-state index contributed by atoms with van der Waals surface area (Å²) < 4.78 is 7.96. The molecule has 0 fully saturated rings. The number of carboxylic acid groups (broad SMARTS) is 2. The fraction of sp³-hybridized carbons (Fsp3) is 0.206. The van der Waals surface area contributed by atoms with Gasteiger partial charge in [-0.15, -0.1) is 11.3 Å². The number of rotatable bonds is 13. The summed E-state index contributed by atoms with van der Waals surface area (Å²) in [5, 5.41) is 20.4. The van der Waals surface area contributed by atoms with Crippen LogP contribution in [0, 0.1) is 6.92 Å². The van der Waals surface area contributed by atoms with Crippen molar-refractivity contribution >= 4 is 46.3 Å². The van der Waals surface area contributed by atoms with Gasteiger partial charge in [0.25, 0.3) is 0 Å². The standard InChI is InChI=1S/C34H32N2O5S/c1-23-29(35-34(42-23)26-7-3-2-4-8-26)18-20-41-28-16-13-24(14-17-28)12-15-25-9-5-10-30-33(25)27(21-32(39)40)22-36(30)19-6-11-31(37)38/h2-5,7-10,12-17,22H,6,11,18-21H2,1H3,(H,37,38)(H,39,40)/b15-12+. The van der Waals surface area contributed by atoms with Crippen molar-refractivity contribution in [1.29, 1.82) is 0 Å². The Balaban J connectivity index is 1.25. The van der Waals surface area contributed by atoms with Crippen molar-refractivity contribution in [2.45, 2.75) is 39.2 Å². The van der Waals surface area contributed by atoms with E-state index in [4.69, 9.17) is 14.8 Å². The number of benzene rings is 3. The highest BCUT2D eigenvalue weighted by Gasteiger charge is 2.14. The SMILES string of the molecule is Cc1sc(-c2ccccc2)nc1CCOc1ccc(/C=C/c2cccc3c2c(CC(=O)O)cn3CCCC(=O)O)cc1. The molecule has 0 saturated carbocycles. The number of hydrogen-bond acceptors (Lipinski definition) is 5. The minimum atomic E-state index is -0.907. The molecule has 0 aliphatic rings. The zero-order valence-electron chi connectivity index (χ0n) is 23.3. The van der Waals surface area contributed by atoms with Gasteiger partial charge >= 0.3 is 11.9 Å². The van der Waals surface area contributed by atoms with Crippen LogP contribution >= 0.6 is 11.3 Å². The molecule has 7 nitrogen and oxygen atoms in total. The maximum Gasteiger partial charge on any atom is 0.307 e. The molecule has 0 amide bonds. The van der Waals surface area contributed by atoms with Gasteiger partial charge in [-0.1, -0.05) is 66.7 Å². The molecular formula is C34H32N2O5S. The van der Waals surface area contributed by atoms with Crippen molar-refractivity contribution in [2.24, 2.45) is 0 Å². The van der Waals surface area contributed by atoms with Crippen LogP contribution in [-0.2, 0) is 29.0 Å². The number of hydrogen-bond donors (Lipinski definition) is 2. The fourth-order valence-corrected chi connectivity index (χ4v) is 5.95. The van der Waals surface area contributed by atoms with E-state index < -0.39 is 11.9 Å². The first-order valence-electron chi connectivity index (χ1n) is 13.8. The van der Waals surface area contributed by atoms with Gasteiger partial charge in [0.05, 0.1) is 18.7 Å². The Morgan fingerprint density at radius 2 is 1.74 bits per heavy atom.